The van der Waals surface area contributed by atoms with Crippen molar-refractivity contribution in [3.05, 3.63) is 94.2 Å². The molecule has 1 amide bonds. The van der Waals surface area contributed by atoms with Crippen molar-refractivity contribution in [1.82, 2.24) is 14.9 Å². The van der Waals surface area contributed by atoms with E-state index in [0.717, 1.165) is 24.0 Å². The molecule has 2 aromatic carbocycles. The van der Waals surface area contributed by atoms with Crippen molar-refractivity contribution in [2.45, 2.75) is 63.8 Å². The molecule has 7 nitrogen and oxygen atoms in total. The number of fused-ring (bicyclic) bond motifs is 1. The zero-order chi connectivity index (χ0) is 24.1. The fraction of sp³-hybridized carbons (Fsp3) is 0.370. The molecule has 4 rings (SSSR count). The molecule has 0 radical (unpaired) electrons. The Kier molecular flexibility index (Phi) is 7.55. The molecule has 3 N–H and O–H groups in total. The van der Waals surface area contributed by atoms with Gasteiger partial charge in [0.1, 0.15) is 11.9 Å². The summed E-state index contributed by atoms with van der Waals surface area (Å²) in [6.45, 7) is 4.18. The van der Waals surface area contributed by atoms with Gasteiger partial charge < -0.3 is 15.7 Å². The van der Waals surface area contributed by atoms with Gasteiger partial charge in [-0.15, -0.1) is 0 Å². The lowest BCUT2D eigenvalue weighted by molar-refractivity contribution is -0.119. The van der Waals surface area contributed by atoms with Gasteiger partial charge in [-0.25, -0.2) is 4.98 Å². The van der Waals surface area contributed by atoms with Crippen LogP contribution in [0.15, 0.2) is 71.7 Å². The van der Waals surface area contributed by atoms with Gasteiger partial charge in [-0.1, -0.05) is 49.4 Å². The third-order valence-electron chi connectivity index (χ3n) is 6.44. The van der Waals surface area contributed by atoms with E-state index in [1.807, 2.05) is 54.6 Å². The third kappa shape index (κ3) is 5.43. The summed E-state index contributed by atoms with van der Waals surface area (Å²) < 4.78 is 1.49. The normalized spacial score (nSPS) is 17.6. The molecule has 7 heteroatoms. The highest BCUT2D eigenvalue weighted by Gasteiger charge is 2.29. The van der Waals surface area contributed by atoms with E-state index in [2.05, 4.69) is 29.5 Å². The first-order valence-corrected chi connectivity index (χ1v) is 11.9. The predicted octanol–water partition coefficient (Wildman–Crippen LogP) is 3.40. The lowest BCUT2D eigenvalue weighted by Crippen LogP contribution is -2.41. The molecule has 0 fully saturated rings. The first-order valence-electron chi connectivity index (χ1n) is 11.9. The largest absolute Gasteiger partial charge is 0.387 e. The molecule has 4 atom stereocenters. The number of nitrogens with one attached hydrogen (secondary N) is 2. The summed E-state index contributed by atoms with van der Waals surface area (Å²) in [5, 5.41) is 17.2. The molecular weight excluding hydrogens is 428 g/mol. The molecule has 0 saturated heterocycles. The first-order chi connectivity index (χ1) is 16.5. The highest BCUT2D eigenvalue weighted by atomic mass is 16.3. The Morgan fingerprint density at radius 1 is 1.15 bits per heavy atom. The number of rotatable bonds is 9. The van der Waals surface area contributed by atoms with Crippen LogP contribution in [0.1, 0.15) is 55.8 Å². The lowest BCUT2D eigenvalue weighted by Gasteiger charge is -2.27. The topological polar surface area (TPSA) is 96.3 Å². The number of nitrogens with zero attached hydrogens (tertiary/aromatic N) is 2. The molecule has 1 aromatic heterocycles. The number of benzene rings is 2. The fourth-order valence-electron chi connectivity index (χ4n) is 4.66. The van der Waals surface area contributed by atoms with Gasteiger partial charge in [0.15, 0.2) is 0 Å². The Balaban J connectivity index is 1.33. The van der Waals surface area contributed by atoms with E-state index in [1.165, 1.54) is 16.8 Å². The monoisotopic (exact) mass is 460 g/mol. The second kappa shape index (κ2) is 10.8. The fourth-order valence-corrected chi connectivity index (χ4v) is 4.66. The Morgan fingerprint density at radius 3 is 2.59 bits per heavy atom. The van der Waals surface area contributed by atoms with E-state index in [0.29, 0.717) is 24.4 Å². The number of aromatic nitrogens is 2. The molecule has 2 heterocycles. The van der Waals surface area contributed by atoms with Crippen LogP contribution in [0.25, 0.3) is 0 Å². The molecule has 34 heavy (non-hydrogen) atoms. The predicted molar refractivity (Wildman–Crippen MR) is 133 cm³/mol. The molecule has 0 spiro atoms. The van der Waals surface area contributed by atoms with Crippen LogP contribution in [0.3, 0.4) is 0 Å². The van der Waals surface area contributed by atoms with Gasteiger partial charge in [0.2, 0.25) is 5.91 Å². The summed E-state index contributed by atoms with van der Waals surface area (Å²) in [5.41, 5.74) is 2.55. The molecular formula is C27H32N4O3. The molecule has 0 unspecified atom stereocenters. The Labute approximate surface area is 199 Å². The van der Waals surface area contributed by atoms with Crippen molar-refractivity contribution < 1.29 is 9.90 Å². The van der Waals surface area contributed by atoms with Gasteiger partial charge >= 0.3 is 0 Å². The van der Waals surface area contributed by atoms with E-state index < -0.39 is 12.1 Å². The van der Waals surface area contributed by atoms with Gasteiger partial charge in [-0.3, -0.25) is 14.2 Å². The van der Waals surface area contributed by atoms with Crippen LogP contribution < -0.4 is 16.2 Å². The molecule has 0 bridgehead atoms. The summed E-state index contributed by atoms with van der Waals surface area (Å²) in [5.74, 6) is 0.463. The standard InChI is InChI=1S/C27H32N4O3/c1-3-22(26(33)20-7-5-4-6-8-20)29-18(2)17-19-9-11-21(12-10-19)30-27(34)23-13-14-24-28-16-15-25(32)31(23)24/h4-12,15-16,18,22-23,26,29,33H,3,13-14,17H2,1-2H3,(H,30,34)/t18-,22+,23-,26+/m0/s1. The molecule has 1 aliphatic heterocycles. The van der Waals surface area contributed by atoms with Gasteiger partial charge in [0, 0.05) is 36.5 Å². The number of carbonyl (C=O) groups is 1. The number of hydrogen-bond donors (Lipinski definition) is 3. The van der Waals surface area contributed by atoms with E-state index in [9.17, 15) is 14.7 Å². The Morgan fingerprint density at radius 2 is 1.88 bits per heavy atom. The van der Waals surface area contributed by atoms with Crippen molar-refractivity contribution >= 4 is 11.6 Å². The van der Waals surface area contributed by atoms with Crippen LogP contribution >= 0.6 is 0 Å². The van der Waals surface area contributed by atoms with E-state index in [4.69, 9.17) is 0 Å². The van der Waals surface area contributed by atoms with Gasteiger partial charge in [-0.2, -0.15) is 0 Å². The number of aryl methyl sites for hydroxylation is 1. The number of carbonyl (C=O) groups excluding carboxylic acids is 1. The molecule has 1 aliphatic rings. The molecule has 0 saturated carbocycles. The van der Waals surface area contributed by atoms with Gasteiger partial charge in [-0.05, 0) is 49.4 Å². The maximum absolute atomic E-state index is 12.8. The van der Waals surface area contributed by atoms with Crippen molar-refractivity contribution in [3.8, 4) is 0 Å². The second-order valence-corrected chi connectivity index (χ2v) is 8.95. The zero-order valence-electron chi connectivity index (χ0n) is 19.6. The van der Waals surface area contributed by atoms with Crippen LogP contribution in [0.5, 0.6) is 0 Å². The van der Waals surface area contributed by atoms with E-state index in [1.54, 1.807) is 0 Å². The number of anilines is 1. The highest BCUT2D eigenvalue weighted by molar-refractivity contribution is 5.94. The average molecular weight is 461 g/mol. The van der Waals surface area contributed by atoms with Crippen LogP contribution in [0.4, 0.5) is 5.69 Å². The van der Waals surface area contributed by atoms with Crippen LogP contribution in [0, 0.1) is 0 Å². The first kappa shape index (κ1) is 23.9. The van der Waals surface area contributed by atoms with Gasteiger partial charge in [0.05, 0.1) is 6.10 Å². The summed E-state index contributed by atoms with van der Waals surface area (Å²) in [6, 6.07) is 18.5. The summed E-state index contributed by atoms with van der Waals surface area (Å²) in [6.07, 6.45) is 3.74. The summed E-state index contributed by atoms with van der Waals surface area (Å²) in [4.78, 5) is 29.2. The van der Waals surface area contributed by atoms with Crippen molar-refractivity contribution in [1.29, 1.82) is 0 Å². The lowest BCUT2D eigenvalue weighted by atomic mass is 9.98. The highest BCUT2D eigenvalue weighted by Crippen LogP contribution is 2.24. The summed E-state index contributed by atoms with van der Waals surface area (Å²) in [7, 11) is 0. The number of aliphatic hydroxyl groups excluding tert-OH is 1. The van der Waals surface area contributed by atoms with Gasteiger partial charge in [0.25, 0.3) is 5.56 Å². The maximum atomic E-state index is 12.8. The van der Waals surface area contributed by atoms with Crippen LogP contribution in [-0.2, 0) is 17.6 Å². The minimum Gasteiger partial charge on any atom is -0.387 e. The summed E-state index contributed by atoms with van der Waals surface area (Å²) >= 11 is 0. The smallest absolute Gasteiger partial charge is 0.254 e. The van der Waals surface area contributed by atoms with Crippen molar-refractivity contribution in [2.24, 2.45) is 0 Å². The molecule has 3 aromatic rings. The van der Waals surface area contributed by atoms with Crippen molar-refractivity contribution in [2.75, 3.05) is 5.32 Å². The molecule has 178 valence electrons. The Hall–Kier alpha value is -3.29. The van der Waals surface area contributed by atoms with E-state index >= 15 is 0 Å². The van der Waals surface area contributed by atoms with Crippen LogP contribution in [0.2, 0.25) is 0 Å². The minimum atomic E-state index is -0.560. The second-order valence-electron chi connectivity index (χ2n) is 8.95. The number of hydrogen-bond acceptors (Lipinski definition) is 5. The minimum absolute atomic E-state index is 0.0388. The zero-order valence-corrected chi connectivity index (χ0v) is 19.6. The average Bonchev–Trinajstić information content (AvgIpc) is 3.30. The number of aliphatic hydroxyl groups is 1. The third-order valence-corrected chi connectivity index (χ3v) is 6.44. The van der Waals surface area contributed by atoms with Crippen molar-refractivity contribution in [3.63, 3.8) is 0 Å². The van der Waals surface area contributed by atoms with Crippen LogP contribution in [-0.4, -0.2) is 32.6 Å². The van der Waals surface area contributed by atoms with E-state index in [-0.39, 0.29) is 23.6 Å². The quantitative estimate of drug-likeness (QED) is 0.455. The maximum Gasteiger partial charge on any atom is 0.254 e. The Bertz CT molecular complexity index is 1160. The SMILES string of the molecule is CC[C@@H](N[C@@H](C)Cc1ccc(NC(=O)[C@@H]2CCc3nccc(=O)n32)cc1)[C@H](O)c1ccccc1. The number of amides is 1. The molecule has 0 aliphatic carbocycles.